The predicted octanol–water partition coefficient (Wildman–Crippen LogP) is 4.42. The maximum atomic E-state index is 5.71. The third-order valence-corrected chi connectivity index (χ3v) is 3.51. The number of rotatable bonds is 8. The van der Waals surface area contributed by atoms with Gasteiger partial charge in [-0.1, -0.05) is 41.4 Å². The van der Waals surface area contributed by atoms with Crippen molar-refractivity contribution < 1.29 is 9.47 Å². The molecule has 1 rings (SSSR count). The lowest BCUT2D eigenvalue weighted by molar-refractivity contribution is 0.285. The molecule has 2 nitrogen and oxygen atoms in total. The Morgan fingerprint density at radius 2 is 1.88 bits per heavy atom. The average molecular weight is 301 g/mol. The molecule has 1 unspecified atom stereocenters. The smallest absolute Gasteiger partial charge is 0.161 e. The second-order valence-corrected chi connectivity index (χ2v) is 5.32. The zero-order chi connectivity index (χ0) is 12.5. The molecule has 0 heterocycles. The van der Waals surface area contributed by atoms with Crippen molar-refractivity contribution >= 4 is 15.9 Å². The number of benzene rings is 1. The minimum absolute atomic E-state index is 0.619. The van der Waals surface area contributed by atoms with E-state index in [1.54, 1.807) is 7.11 Å². The number of hydrogen-bond acceptors (Lipinski definition) is 2. The number of ether oxygens (including phenoxy) is 2. The van der Waals surface area contributed by atoms with Crippen LogP contribution in [-0.4, -0.2) is 18.5 Å². The van der Waals surface area contributed by atoms with Crippen molar-refractivity contribution in [2.24, 2.45) is 0 Å². The lowest BCUT2D eigenvalue weighted by Gasteiger charge is -2.11. The largest absolute Gasteiger partial charge is 0.493 e. The second kappa shape index (κ2) is 8.40. The molecular formula is C14H21BrO2. The van der Waals surface area contributed by atoms with Crippen molar-refractivity contribution in [3.63, 3.8) is 0 Å². The van der Waals surface area contributed by atoms with E-state index in [-0.39, 0.29) is 0 Å². The molecule has 1 atom stereocenters. The van der Waals surface area contributed by atoms with E-state index in [4.69, 9.17) is 9.47 Å². The Bertz CT molecular complexity index is 315. The molecule has 0 amide bonds. The fraction of sp³-hybridized carbons (Fsp3) is 0.571. The van der Waals surface area contributed by atoms with Crippen LogP contribution >= 0.6 is 15.9 Å². The molecule has 0 fully saturated rings. The minimum atomic E-state index is 0.619. The van der Waals surface area contributed by atoms with E-state index in [1.807, 2.05) is 24.3 Å². The fourth-order valence-electron chi connectivity index (χ4n) is 1.68. The van der Waals surface area contributed by atoms with Gasteiger partial charge >= 0.3 is 0 Å². The first-order chi connectivity index (χ1) is 8.27. The van der Waals surface area contributed by atoms with Crippen LogP contribution in [0.25, 0.3) is 0 Å². The highest BCUT2D eigenvalue weighted by Gasteiger charge is 2.04. The van der Waals surface area contributed by atoms with E-state index in [9.17, 15) is 0 Å². The summed E-state index contributed by atoms with van der Waals surface area (Å²) in [5.74, 6) is 1.63. The van der Waals surface area contributed by atoms with Gasteiger partial charge in [0.15, 0.2) is 11.5 Å². The summed E-state index contributed by atoms with van der Waals surface area (Å²) in [6.45, 7) is 2.95. The molecule has 0 aliphatic rings. The Hall–Kier alpha value is -0.700. The first-order valence-electron chi connectivity index (χ1n) is 6.17. The van der Waals surface area contributed by atoms with E-state index in [0.717, 1.165) is 30.9 Å². The first-order valence-corrected chi connectivity index (χ1v) is 7.09. The summed E-state index contributed by atoms with van der Waals surface area (Å²) in [7, 11) is 1.66. The van der Waals surface area contributed by atoms with E-state index in [1.165, 1.54) is 12.8 Å². The van der Waals surface area contributed by atoms with E-state index >= 15 is 0 Å². The molecule has 96 valence electrons. The Morgan fingerprint density at radius 3 is 2.53 bits per heavy atom. The van der Waals surface area contributed by atoms with Crippen molar-refractivity contribution in [1.29, 1.82) is 0 Å². The van der Waals surface area contributed by atoms with Gasteiger partial charge in [0.05, 0.1) is 13.7 Å². The van der Waals surface area contributed by atoms with Gasteiger partial charge in [-0.3, -0.25) is 0 Å². The maximum Gasteiger partial charge on any atom is 0.161 e. The van der Waals surface area contributed by atoms with E-state index < -0.39 is 0 Å². The highest BCUT2D eigenvalue weighted by atomic mass is 79.9. The summed E-state index contributed by atoms with van der Waals surface area (Å²) in [6.07, 6.45) is 4.68. The van der Waals surface area contributed by atoms with Crippen LogP contribution in [0.3, 0.4) is 0 Å². The quantitative estimate of drug-likeness (QED) is 0.523. The van der Waals surface area contributed by atoms with Gasteiger partial charge in [0.2, 0.25) is 0 Å². The maximum absolute atomic E-state index is 5.71. The standard InChI is InChI=1S/C14H21BrO2/c1-3-7-12(15)8-6-11-17-14-10-5-4-9-13(14)16-2/h4-5,9-10,12H,3,6-8,11H2,1-2H3. The van der Waals surface area contributed by atoms with Gasteiger partial charge < -0.3 is 9.47 Å². The number of para-hydroxylation sites is 2. The normalized spacial score (nSPS) is 12.2. The highest BCUT2D eigenvalue weighted by Crippen LogP contribution is 2.26. The van der Waals surface area contributed by atoms with Gasteiger partial charge in [0, 0.05) is 4.83 Å². The molecule has 0 aliphatic carbocycles. The molecule has 1 aromatic carbocycles. The summed E-state index contributed by atoms with van der Waals surface area (Å²) in [6, 6.07) is 7.76. The van der Waals surface area contributed by atoms with Crippen molar-refractivity contribution in [1.82, 2.24) is 0 Å². The molecule has 3 heteroatoms. The monoisotopic (exact) mass is 300 g/mol. The van der Waals surface area contributed by atoms with Gasteiger partial charge in [-0.25, -0.2) is 0 Å². The Labute approximate surface area is 112 Å². The number of methoxy groups -OCH3 is 1. The Balaban J connectivity index is 2.26. The Morgan fingerprint density at radius 1 is 1.18 bits per heavy atom. The first kappa shape index (κ1) is 14.4. The SMILES string of the molecule is CCCC(Br)CCCOc1ccccc1OC. The summed E-state index contributed by atoms with van der Waals surface area (Å²) in [5.41, 5.74) is 0. The topological polar surface area (TPSA) is 18.5 Å². The zero-order valence-corrected chi connectivity index (χ0v) is 12.2. The van der Waals surface area contributed by atoms with Gasteiger partial charge in [-0.2, -0.15) is 0 Å². The lowest BCUT2D eigenvalue weighted by Crippen LogP contribution is -2.03. The molecule has 0 radical (unpaired) electrons. The molecule has 0 N–H and O–H groups in total. The van der Waals surface area contributed by atoms with Crippen LogP contribution in [0, 0.1) is 0 Å². The average Bonchev–Trinajstić information content (AvgIpc) is 2.35. The Kier molecular flexibility index (Phi) is 7.10. The lowest BCUT2D eigenvalue weighted by atomic mass is 10.2. The summed E-state index contributed by atoms with van der Waals surface area (Å²) in [4.78, 5) is 0.619. The molecule has 0 aromatic heterocycles. The third-order valence-electron chi connectivity index (χ3n) is 2.59. The minimum Gasteiger partial charge on any atom is -0.493 e. The molecule has 1 aromatic rings. The van der Waals surface area contributed by atoms with Gasteiger partial charge in [-0.15, -0.1) is 0 Å². The van der Waals surface area contributed by atoms with Crippen molar-refractivity contribution in [2.45, 2.75) is 37.4 Å². The van der Waals surface area contributed by atoms with Crippen molar-refractivity contribution in [3.8, 4) is 11.5 Å². The van der Waals surface area contributed by atoms with Gasteiger partial charge in [0.25, 0.3) is 0 Å². The second-order valence-electron chi connectivity index (χ2n) is 4.03. The summed E-state index contributed by atoms with van der Waals surface area (Å²) < 4.78 is 10.9. The van der Waals surface area contributed by atoms with Gasteiger partial charge in [-0.05, 0) is 31.4 Å². The third kappa shape index (κ3) is 5.44. The predicted molar refractivity (Wildman–Crippen MR) is 75.3 cm³/mol. The van der Waals surface area contributed by atoms with Crippen LogP contribution in [0.1, 0.15) is 32.6 Å². The van der Waals surface area contributed by atoms with Crippen LogP contribution in [0.2, 0.25) is 0 Å². The zero-order valence-electron chi connectivity index (χ0n) is 10.6. The van der Waals surface area contributed by atoms with E-state index in [0.29, 0.717) is 4.83 Å². The fourth-order valence-corrected chi connectivity index (χ4v) is 2.46. The summed E-state index contributed by atoms with van der Waals surface area (Å²) >= 11 is 3.67. The van der Waals surface area contributed by atoms with Crippen molar-refractivity contribution in [3.05, 3.63) is 24.3 Å². The summed E-state index contributed by atoms with van der Waals surface area (Å²) in [5, 5.41) is 0. The highest BCUT2D eigenvalue weighted by molar-refractivity contribution is 9.09. The van der Waals surface area contributed by atoms with Crippen LogP contribution in [0.15, 0.2) is 24.3 Å². The molecule has 0 aliphatic heterocycles. The van der Waals surface area contributed by atoms with Crippen molar-refractivity contribution in [2.75, 3.05) is 13.7 Å². The van der Waals surface area contributed by atoms with E-state index in [2.05, 4.69) is 22.9 Å². The van der Waals surface area contributed by atoms with Gasteiger partial charge in [0.1, 0.15) is 0 Å². The van der Waals surface area contributed by atoms with Crippen LogP contribution in [0.4, 0.5) is 0 Å². The van der Waals surface area contributed by atoms with Crippen LogP contribution < -0.4 is 9.47 Å². The number of alkyl halides is 1. The molecule has 0 spiro atoms. The van der Waals surface area contributed by atoms with Crippen LogP contribution in [0.5, 0.6) is 11.5 Å². The number of hydrogen-bond donors (Lipinski definition) is 0. The molecule has 0 saturated carbocycles. The molecule has 0 bridgehead atoms. The molecule has 17 heavy (non-hydrogen) atoms. The van der Waals surface area contributed by atoms with Crippen LogP contribution in [-0.2, 0) is 0 Å². The number of halogens is 1. The molecular weight excluding hydrogens is 280 g/mol. The molecule has 0 saturated heterocycles.